The standard InChI is InChI=1S/C28H31F4N5O4S/c1-17-14-36(2)9-7-21(17)35-27(38)19-10-18(11-23-26(19)34-16-37(23)15-28(30,31)32)6-5-8-33-22-12-20(29)25(42(4,39)40)13-24(22)41-3/h10-13,16-17,21,33H,7-9,14-15H2,1-4H3,(H,35,38)/t17-,21-/m0/s1. The van der Waals surface area contributed by atoms with Crippen molar-refractivity contribution in [3.05, 3.63) is 47.5 Å². The molecule has 1 aromatic heterocycles. The monoisotopic (exact) mass is 609 g/mol. The van der Waals surface area contributed by atoms with E-state index >= 15 is 0 Å². The van der Waals surface area contributed by atoms with E-state index < -0.39 is 39.2 Å². The maximum absolute atomic E-state index is 14.4. The number of nitrogens with zero attached hydrogens (tertiary/aromatic N) is 3. The number of imidazole rings is 1. The summed E-state index contributed by atoms with van der Waals surface area (Å²) in [7, 11) is -0.522. The van der Waals surface area contributed by atoms with Gasteiger partial charge in [-0.2, -0.15) is 13.2 Å². The minimum absolute atomic E-state index is 0.0531. The zero-order valence-corrected chi connectivity index (χ0v) is 24.3. The maximum Gasteiger partial charge on any atom is 0.406 e. The Morgan fingerprint density at radius 2 is 1.98 bits per heavy atom. The van der Waals surface area contributed by atoms with Crippen molar-refractivity contribution >= 4 is 32.5 Å². The lowest BCUT2D eigenvalue weighted by Crippen LogP contribution is -2.48. The fourth-order valence-corrected chi connectivity index (χ4v) is 5.69. The third kappa shape index (κ3) is 7.32. The number of fused-ring (bicyclic) bond motifs is 1. The van der Waals surface area contributed by atoms with Crippen LogP contribution in [0.15, 0.2) is 35.5 Å². The van der Waals surface area contributed by atoms with Gasteiger partial charge in [-0.3, -0.25) is 4.79 Å². The third-order valence-electron chi connectivity index (χ3n) is 7.00. The first kappa shape index (κ1) is 31.1. The number of rotatable bonds is 7. The maximum atomic E-state index is 14.4. The summed E-state index contributed by atoms with van der Waals surface area (Å²) in [6.07, 6.45) is -1.85. The third-order valence-corrected chi connectivity index (χ3v) is 8.11. The van der Waals surface area contributed by atoms with Crippen LogP contribution in [-0.4, -0.2) is 81.0 Å². The number of carbonyl (C=O) groups excluding carboxylic acids is 1. The van der Waals surface area contributed by atoms with E-state index in [2.05, 4.69) is 32.4 Å². The van der Waals surface area contributed by atoms with Crippen LogP contribution in [0.2, 0.25) is 0 Å². The lowest BCUT2D eigenvalue weighted by Gasteiger charge is -2.35. The molecule has 42 heavy (non-hydrogen) atoms. The molecule has 226 valence electrons. The molecular weight excluding hydrogens is 578 g/mol. The number of nitrogens with one attached hydrogen (secondary N) is 2. The Morgan fingerprint density at radius 1 is 1.24 bits per heavy atom. The largest absolute Gasteiger partial charge is 0.495 e. The van der Waals surface area contributed by atoms with Crippen molar-refractivity contribution in [2.24, 2.45) is 5.92 Å². The topological polar surface area (TPSA) is 106 Å². The smallest absolute Gasteiger partial charge is 0.406 e. The average Bonchev–Trinajstić information content (AvgIpc) is 3.28. The van der Waals surface area contributed by atoms with E-state index in [4.69, 9.17) is 4.74 Å². The number of sulfone groups is 1. The summed E-state index contributed by atoms with van der Waals surface area (Å²) in [5, 5.41) is 5.86. The van der Waals surface area contributed by atoms with Crippen molar-refractivity contribution in [3.8, 4) is 17.6 Å². The second kappa shape index (κ2) is 12.2. The summed E-state index contributed by atoms with van der Waals surface area (Å²) in [6.45, 7) is 2.28. The Labute approximate surface area is 241 Å². The van der Waals surface area contributed by atoms with E-state index in [0.717, 1.165) is 48.8 Å². The van der Waals surface area contributed by atoms with Crippen LogP contribution in [0.5, 0.6) is 5.75 Å². The second-order valence-electron chi connectivity index (χ2n) is 10.4. The van der Waals surface area contributed by atoms with Crippen LogP contribution in [0.4, 0.5) is 23.2 Å². The van der Waals surface area contributed by atoms with Crippen molar-refractivity contribution in [2.75, 3.05) is 45.4 Å². The van der Waals surface area contributed by atoms with E-state index in [0.29, 0.717) is 0 Å². The van der Waals surface area contributed by atoms with Gasteiger partial charge in [0.05, 0.1) is 36.7 Å². The zero-order chi connectivity index (χ0) is 30.8. The number of halogens is 4. The number of hydrogen-bond acceptors (Lipinski definition) is 7. The van der Waals surface area contributed by atoms with Crippen molar-refractivity contribution < 1.29 is 35.5 Å². The Kier molecular flexibility index (Phi) is 9.03. The van der Waals surface area contributed by atoms with E-state index in [1.165, 1.54) is 19.2 Å². The molecule has 2 aromatic carbocycles. The Balaban J connectivity index is 1.63. The molecule has 1 fully saturated rings. The van der Waals surface area contributed by atoms with Gasteiger partial charge in [0.15, 0.2) is 9.84 Å². The molecule has 3 aromatic rings. The van der Waals surface area contributed by atoms with Gasteiger partial charge in [-0.15, -0.1) is 0 Å². The molecule has 0 saturated carbocycles. The molecule has 0 unspecified atom stereocenters. The van der Waals surface area contributed by atoms with Crippen molar-refractivity contribution in [1.82, 2.24) is 19.8 Å². The highest BCUT2D eigenvalue weighted by Crippen LogP contribution is 2.30. The molecule has 1 amide bonds. The number of aromatic nitrogens is 2. The van der Waals surface area contributed by atoms with Gasteiger partial charge in [0.2, 0.25) is 0 Å². The predicted molar refractivity (Wildman–Crippen MR) is 150 cm³/mol. The number of benzene rings is 2. The van der Waals surface area contributed by atoms with Crippen molar-refractivity contribution in [1.29, 1.82) is 0 Å². The molecule has 0 spiro atoms. The summed E-state index contributed by atoms with van der Waals surface area (Å²) in [5.41, 5.74) is 0.779. The number of alkyl halides is 3. The van der Waals surface area contributed by atoms with Crippen LogP contribution in [-0.2, 0) is 16.4 Å². The minimum atomic E-state index is -4.51. The summed E-state index contributed by atoms with van der Waals surface area (Å²) >= 11 is 0. The van der Waals surface area contributed by atoms with Gasteiger partial charge < -0.3 is 24.8 Å². The van der Waals surface area contributed by atoms with Crippen LogP contribution < -0.4 is 15.4 Å². The number of likely N-dealkylation sites (tertiary alicyclic amines) is 1. The van der Waals surface area contributed by atoms with Crippen LogP contribution in [0, 0.1) is 23.6 Å². The molecule has 1 aliphatic rings. The van der Waals surface area contributed by atoms with Gasteiger partial charge in [-0.1, -0.05) is 18.8 Å². The molecule has 4 rings (SSSR count). The minimum Gasteiger partial charge on any atom is -0.495 e. The molecular formula is C28H31F4N5O4S. The number of hydrogen-bond donors (Lipinski definition) is 2. The molecule has 0 aliphatic carbocycles. The van der Waals surface area contributed by atoms with Crippen LogP contribution >= 0.6 is 0 Å². The highest BCUT2D eigenvalue weighted by atomic mass is 32.2. The first-order valence-electron chi connectivity index (χ1n) is 13.0. The van der Waals surface area contributed by atoms with E-state index in [1.807, 2.05) is 14.0 Å². The molecule has 1 aliphatic heterocycles. The van der Waals surface area contributed by atoms with Gasteiger partial charge in [0.25, 0.3) is 5.91 Å². The quantitative estimate of drug-likeness (QED) is 0.311. The molecule has 14 heteroatoms. The van der Waals surface area contributed by atoms with E-state index in [-0.39, 0.29) is 52.1 Å². The summed E-state index contributed by atoms with van der Waals surface area (Å²) in [6, 6.07) is 4.84. The van der Waals surface area contributed by atoms with Crippen molar-refractivity contribution in [3.63, 3.8) is 0 Å². The number of carbonyl (C=O) groups is 1. The number of anilines is 1. The number of piperidine rings is 1. The van der Waals surface area contributed by atoms with E-state index in [9.17, 15) is 30.8 Å². The molecule has 1 saturated heterocycles. The van der Waals surface area contributed by atoms with E-state index in [1.54, 1.807) is 0 Å². The molecule has 9 nitrogen and oxygen atoms in total. The highest BCUT2D eigenvalue weighted by Gasteiger charge is 2.30. The molecule has 2 N–H and O–H groups in total. The average molecular weight is 610 g/mol. The number of ether oxygens (including phenoxy) is 1. The lowest BCUT2D eigenvalue weighted by molar-refractivity contribution is -0.139. The lowest BCUT2D eigenvalue weighted by atomic mass is 9.93. The fourth-order valence-electron chi connectivity index (χ4n) is 4.95. The SMILES string of the molecule is COc1cc(S(C)(=O)=O)c(F)cc1NCC#Cc1cc(C(=O)N[C@H]2CCN(C)C[C@@H]2C)c2ncn(CC(F)(F)F)c2c1. The molecule has 2 heterocycles. The fraction of sp³-hybridized carbons (Fsp3) is 0.429. The highest BCUT2D eigenvalue weighted by molar-refractivity contribution is 7.90. The molecule has 0 radical (unpaired) electrons. The first-order chi connectivity index (χ1) is 19.7. The van der Waals surface area contributed by atoms with Gasteiger partial charge in [-0.05, 0) is 38.1 Å². The zero-order valence-electron chi connectivity index (χ0n) is 23.5. The first-order valence-corrected chi connectivity index (χ1v) is 14.9. The Morgan fingerprint density at radius 3 is 2.62 bits per heavy atom. The number of methoxy groups -OCH3 is 1. The Bertz CT molecular complexity index is 1660. The van der Waals surface area contributed by atoms with Gasteiger partial charge in [0.1, 0.15) is 28.5 Å². The summed E-state index contributed by atoms with van der Waals surface area (Å²) < 4.78 is 83.8. The normalized spacial score (nSPS) is 17.9. The van der Waals surface area contributed by atoms with Crippen LogP contribution in [0.25, 0.3) is 11.0 Å². The van der Waals surface area contributed by atoms with Crippen molar-refractivity contribution in [2.45, 2.75) is 37.0 Å². The molecule has 0 bridgehead atoms. The summed E-state index contributed by atoms with van der Waals surface area (Å²) in [5.74, 6) is 4.48. The number of amides is 1. The second-order valence-corrected chi connectivity index (χ2v) is 12.4. The summed E-state index contributed by atoms with van der Waals surface area (Å²) in [4.78, 5) is 19.1. The van der Waals surface area contributed by atoms with Crippen LogP contribution in [0.1, 0.15) is 29.3 Å². The van der Waals surface area contributed by atoms with Gasteiger partial charge >= 0.3 is 6.18 Å². The molecule has 2 atom stereocenters. The Hall–Kier alpha value is -3.83. The van der Waals surface area contributed by atoms with Crippen LogP contribution in [0.3, 0.4) is 0 Å². The van der Waals surface area contributed by atoms with Gasteiger partial charge in [0, 0.05) is 36.5 Å². The predicted octanol–water partition coefficient (Wildman–Crippen LogP) is 3.68. The van der Waals surface area contributed by atoms with Gasteiger partial charge in [-0.25, -0.2) is 17.8 Å².